The molecule has 1 aromatic carbocycles. The van der Waals surface area contributed by atoms with Gasteiger partial charge in [-0.05, 0) is 32.0 Å². The fourth-order valence-electron chi connectivity index (χ4n) is 4.04. The van der Waals surface area contributed by atoms with Crippen molar-refractivity contribution in [3.8, 4) is 5.75 Å². The summed E-state index contributed by atoms with van der Waals surface area (Å²) in [6.45, 7) is 3.38. The van der Waals surface area contributed by atoms with Crippen LogP contribution in [-0.2, 0) is 19.3 Å². The molecule has 1 aromatic heterocycles. The Kier molecular flexibility index (Phi) is 7.15. The standard InChI is InChI=1S/C22H24F5N3O4S/c1-5-33-18-13(6-7-14(23)17(18)24)16-11(2)21(3,22(25,26)27)34-19(16)20(31)30-12-8-9-29-15(10-12)35(4,28)32/h6-11,16,19,28H,5H2,1-4H3,(H,29,30,31)/t11-,16-,19+,21+,35?/m1/s1. The molecule has 2 aromatic rings. The largest absolute Gasteiger partial charge is 0.490 e. The zero-order valence-electron chi connectivity index (χ0n) is 19.2. The molecule has 13 heteroatoms. The van der Waals surface area contributed by atoms with E-state index in [0.29, 0.717) is 0 Å². The number of alkyl halides is 3. The van der Waals surface area contributed by atoms with Crippen molar-refractivity contribution in [1.82, 2.24) is 4.98 Å². The van der Waals surface area contributed by atoms with E-state index in [1.165, 1.54) is 26.1 Å². The Morgan fingerprint density at radius 1 is 1.31 bits per heavy atom. The van der Waals surface area contributed by atoms with Crippen LogP contribution in [0.15, 0.2) is 35.5 Å². The van der Waals surface area contributed by atoms with Crippen LogP contribution in [-0.4, -0.2) is 45.8 Å². The van der Waals surface area contributed by atoms with Gasteiger partial charge in [0.05, 0.1) is 16.3 Å². The van der Waals surface area contributed by atoms with Crippen molar-refractivity contribution in [3.63, 3.8) is 0 Å². The third-order valence-corrected chi connectivity index (χ3v) is 7.08. The van der Waals surface area contributed by atoms with E-state index in [-0.39, 0.29) is 22.9 Å². The van der Waals surface area contributed by atoms with Gasteiger partial charge in [0.15, 0.2) is 17.2 Å². The van der Waals surface area contributed by atoms with Crippen LogP contribution in [0.5, 0.6) is 5.75 Å². The minimum absolute atomic E-state index is 0.0211. The van der Waals surface area contributed by atoms with Gasteiger partial charge >= 0.3 is 6.18 Å². The Morgan fingerprint density at radius 3 is 2.54 bits per heavy atom. The first kappa shape index (κ1) is 26.8. The predicted octanol–water partition coefficient (Wildman–Crippen LogP) is 4.87. The van der Waals surface area contributed by atoms with Crippen molar-refractivity contribution in [3.05, 3.63) is 47.7 Å². The molecule has 0 radical (unpaired) electrons. The number of carbonyl (C=O) groups is 1. The number of anilines is 1. The molecule has 3 rings (SSSR count). The number of nitrogens with zero attached hydrogens (tertiary/aromatic N) is 1. The number of halogens is 5. The number of benzene rings is 1. The Hall–Kier alpha value is -2.80. The average Bonchev–Trinajstić information content (AvgIpc) is 3.03. The lowest BCUT2D eigenvalue weighted by molar-refractivity contribution is -0.272. The second kappa shape index (κ2) is 9.34. The first-order valence-corrected chi connectivity index (χ1v) is 12.4. The lowest BCUT2D eigenvalue weighted by Crippen LogP contribution is -2.47. The van der Waals surface area contributed by atoms with Crippen LogP contribution in [0.1, 0.15) is 32.3 Å². The van der Waals surface area contributed by atoms with Gasteiger partial charge in [-0.15, -0.1) is 0 Å². The van der Waals surface area contributed by atoms with Crippen LogP contribution < -0.4 is 10.1 Å². The number of carbonyl (C=O) groups excluding carboxylic acids is 1. The van der Waals surface area contributed by atoms with E-state index in [9.17, 15) is 31.0 Å². The van der Waals surface area contributed by atoms with Crippen LogP contribution in [0.2, 0.25) is 0 Å². The van der Waals surface area contributed by atoms with Crippen molar-refractivity contribution in [1.29, 1.82) is 4.78 Å². The molecule has 1 fully saturated rings. The van der Waals surface area contributed by atoms with E-state index < -0.39 is 62.7 Å². The van der Waals surface area contributed by atoms with Gasteiger partial charge in [-0.2, -0.15) is 17.6 Å². The van der Waals surface area contributed by atoms with E-state index in [0.717, 1.165) is 31.4 Å². The first-order chi connectivity index (χ1) is 16.1. The minimum Gasteiger partial charge on any atom is -0.490 e. The lowest BCUT2D eigenvalue weighted by Gasteiger charge is -2.32. The van der Waals surface area contributed by atoms with Crippen molar-refractivity contribution in [2.45, 2.75) is 49.6 Å². The number of pyridine rings is 1. The van der Waals surface area contributed by atoms with Crippen molar-refractivity contribution in [2.75, 3.05) is 18.2 Å². The second-order valence-corrected chi connectivity index (χ2v) is 10.5. The van der Waals surface area contributed by atoms with Crippen molar-refractivity contribution < 1.29 is 40.4 Å². The summed E-state index contributed by atoms with van der Waals surface area (Å²) in [6.07, 6.45) is -4.38. The molecule has 1 aliphatic heterocycles. The van der Waals surface area contributed by atoms with Crippen LogP contribution >= 0.6 is 0 Å². The Morgan fingerprint density at radius 2 is 1.97 bits per heavy atom. The number of hydrogen-bond donors (Lipinski definition) is 2. The molecule has 192 valence electrons. The number of hydrogen-bond acceptors (Lipinski definition) is 6. The lowest BCUT2D eigenvalue weighted by atomic mass is 9.77. The van der Waals surface area contributed by atoms with Crippen molar-refractivity contribution in [2.24, 2.45) is 5.92 Å². The zero-order valence-corrected chi connectivity index (χ0v) is 20.0. The molecular weight excluding hydrogens is 497 g/mol. The second-order valence-electron chi connectivity index (χ2n) is 8.39. The number of rotatable bonds is 6. The average molecular weight is 522 g/mol. The monoisotopic (exact) mass is 521 g/mol. The maximum absolute atomic E-state index is 14.6. The molecule has 0 saturated carbocycles. The van der Waals surface area contributed by atoms with Gasteiger partial charge < -0.3 is 14.8 Å². The quantitative estimate of drug-likeness (QED) is 0.528. The molecule has 1 unspecified atom stereocenters. The van der Waals surface area contributed by atoms with Gasteiger partial charge in [0, 0.05) is 35.5 Å². The summed E-state index contributed by atoms with van der Waals surface area (Å²) in [5.41, 5.74) is -2.92. The van der Waals surface area contributed by atoms with Gasteiger partial charge in [-0.3, -0.25) is 4.79 Å². The van der Waals surface area contributed by atoms with Gasteiger partial charge in [0.1, 0.15) is 11.1 Å². The molecule has 1 amide bonds. The third kappa shape index (κ3) is 4.96. The van der Waals surface area contributed by atoms with E-state index >= 15 is 0 Å². The van der Waals surface area contributed by atoms with Crippen LogP contribution in [0.4, 0.5) is 27.6 Å². The first-order valence-electron chi connectivity index (χ1n) is 10.5. The minimum atomic E-state index is -4.90. The molecule has 0 aliphatic carbocycles. The summed E-state index contributed by atoms with van der Waals surface area (Å²) in [4.78, 5) is 17.0. The Labute approximate surface area is 199 Å². The molecule has 35 heavy (non-hydrogen) atoms. The Bertz CT molecular complexity index is 1240. The van der Waals surface area contributed by atoms with Gasteiger partial charge in [-0.25, -0.2) is 18.4 Å². The highest BCUT2D eigenvalue weighted by Crippen LogP contribution is 2.55. The normalized spacial score (nSPS) is 26.3. The maximum atomic E-state index is 14.6. The summed E-state index contributed by atoms with van der Waals surface area (Å²) in [7, 11) is -3.24. The van der Waals surface area contributed by atoms with Crippen molar-refractivity contribution >= 4 is 21.3 Å². The number of amides is 1. The van der Waals surface area contributed by atoms with Crippen LogP contribution in [0.3, 0.4) is 0 Å². The zero-order chi connectivity index (χ0) is 26.3. The molecule has 1 saturated heterocycles. The highest BCUT2D eigenvalue weighted by molar-refractivity contribution is 7.91. The smallest absolute Gasteiger partial charge is 0.417 e. The summed E-state index contributed by atoms with van der Waals surface area (Å²) < 4.78 is 101. The van der Waals surface area contributed by atoms with Crippen LogP contribution in [0, 0.1) is 22.3 Å². The van der Waals surface area contributed by atoms with E-state index in [4.69, 9.17) is 14.3 Å². The molecule has 2 N–H and O–H groups in total. The summed E-state index contributed by atoms with van der Waals surface area (Å²) >= 11 is 0. The number of ether oxygens (including phenoxy) is 2. The summed E-state index contributed by atoms with van der Waals surface area (Å²) in [5.74, 6) is -7.02. The fourth-order valence-corrected chi connectivity index (χ4v) is 4.65. The molecular formula is C22H24F5N3O4S. The number of nitrogens with one attached hydrogen (secondary N) is 2. The van der Waals surface area contributed by atoms with E-state index in [2.05, 4.69) is 10.3 Å². The topological polar surface area (TPSA) is 101 Å². The van der Waals surface area contributed by atoms with Gasteiger partial charge in [0.2, 0.25) is 5.82 Å². The SMILES string of the molecule is CCOc1c([C@@H]2[C@@H](C(=O)Nc3ccnc(S(C)(=N)=O)c3)O[C@](C)(C(F)(F)F)[C@@H]2C)ccc(F)c1F. The fraction of sp³-hybridized carbons (Fsp3) is 0.455. The highest BCUT2D eigenvalue weighted by Gasteiger charge is 2.65. The highest BCUT2D eigenvalue weighted by atomic mass is 32.2. The maximum Gasteiger partial charge on any atom is 0.417 e. The van der Waals surface area contributed by atoms with E-state index in [1.54, 1.807) is 0 Å². The third-order valence-electron chi connectivity index (χ3n) is 6.06. The van der Waals surface area contributed by atoms with E-state index in [1.807, 2.05) is 0 Å². The molecule has 0 spiro atoms. The molecule has 1 aliphatic rings. The Balaban J connectivity index is 2.10. The van der Waals surface area contributed by atoms with Crippen LogP contribution in [0.25, 0.3) is 0 Å². The molecule has 0 bridgehead atoms. The molecule has 2 heterocycles. The molecule has 7 nitrogen and oxygen atoms in total. The van der Waals surface area contributed by atoms with Gasteiger partial charge in [0.25, 0.3) is 5.91 Å². The molecule has 5 atom stereocenters. The summed E-state index contributed by atoms with van der Waals surface area (Å²) in [6, 6.07) is 4.28. The summed E-state index contributed by atoms with van der Waals surface area (Å²) in [5, 5.41) is 2.25. The van der Waals surface area contributed by atoms with Gasteiger partial charge in [-0.1, -0.05) is 13.0 Å². The number of aromatic nitrogens is 1. The predicted molar refractivity (Wildman–Crippen MR) is 117 cm³/mol.